The number of aliphatic imine (C=N–C) groups is 2. The summed E-state index contributed by atoms with van der Waals surface area (Å²) in [7, 11) is 0. The van der Waals surface area contributed by atoms with Crippen molar-refractivity contribution in [1.29, 1.82) is 0 Å². The number of phenols is 2. The lowest BCUT2D eigenvalue weighted by Gasteiger charge is -2.22. The second-order valence-corrected chi connectivity index (χ2v) is 11.8. The van der Waals surface area contributed by atoms with E-state index in [2.05, 4.69) is 57.6 Å². The highest BCUT2D eigenvalue weighted by Crippen LogP contribution is 2.34. The van der Waals surface area contributed by atoms with Crippen LogP contribution < -0.4 is 0 Å². The molecule has 4 nitrogen and oxygen atoms in total. The summed E-state index contributed by atoms with van der Waals surface area (Å²) >= 11 is 0. The lowest BCUT2D eigenvalue weighted by atomic mass is 9.84. The maximum atomic E-state index is 10.8. The minimum atomic E-state index is -0.142. The average molecular weight is 485 g/mol. The van der Waals surface area contributed by atoms with Gasteiger partial charge in [0.05, 0.1) is 13.1 Å². The second kappa shape index (κ2) is 10.7. The molecule has 0 saturated carbocycles. The molecule has 3 aromatic rings. The van der Waals surface area contributed by atoms with Crippen LogP contribution in [0.4, 0.5) is 0 Å². The molecule has 0 aliphatic heterocycles. The van der Waals surface area contributed by atoms with Crippen LogP contribution in [-0.2, 0) is 23.9 Å². The van der Waals surface area contributed by atoms with E-state index in [4.69, 9.17) is 0 Å². The Labute approximate surface area is 216 Å². The Morgan fingerprint density at radius 2 is 1.03 bits per heavy atom. The molecule has 0 spiro atoms. The van der Waals surface area contributed by atoms with Crippen molar-refractivity contribution in [3.8, 4) is 11.5 Å². The van der Waals surface area contributed by atoms with Crippen molar-refractivity contribution in [2.75, 3.05) is 0 Å². The highest BCUT2D eigenvalue weighted by Gasteiger charge is 2.21. The van der Waals surface area contributed by atoms with Gasteiger partial charge < -0.3 is 10.2 Å². The number of aromatic hydroxyl groups is 2. The summed E-state index contributed by atoms with van der Waals surface area (Å²) in [6.07, 6.45) is 3.52. The largest absolute Gasteiger partial charge is 0.507 e. The molecule has 2 N–H and O–H groups in total. The van der Waals surface area contributed by atoms with Crippen molar-refractivity contribution in [2.45, 2.75) is 79.3 Å². The summed E-state index contributed by atoms with van der Waals surface area (Å²) in [4.78, 5) is 9.21. The van der Waals surface area contributed by atoms with Gasteiger partial charge in [0.15, 0.2) is 0 Å². The van der Waals surface area contributed by atoms with Gasteiger partial charge in [-0.25, -0.2) is 0 Å². The van der Waals surface area contributed by atoms with Crippen molar-refractivity contribution in [1.82, 2.24) is 0 Å². The molecule has 0 saturated heterocycles. The molecule has 0 aliphatic carbocycles. The van der Waals surface area contributed by atoms with Crippen molar-refractivity contribution < 1.29 is 10.2 Å². The third-order valence-corrected chi connectivity index (χ3v) is 6.18. The van der Waals surface area contributed by atoms with E-state index in [1.54, 1.807) is 12.4 Å². The Kier molecular flexibility index (Phi) is 8.08. The fourth-order valence-corrected chi connectivity index (χ4v) is 4.28. The van der Waals surface area contributed by atoms with Gasteiger partial charge in [-0.2, -0.15) is 0 Å². The summed E-state index contributed by atoms with van der Waals surface area (Å²) in [5.74, 6) is 0.600. The highest BCUT2D eigenvalue weighted by molar-refractivity contribution is 5.85. The summed E-state index contributed by atoms with van der Waals surface area (Å²) in [6.45, 7) is 17.7. The van der Waals surface area contributed by atoms with Crippen LogP contribution in [0.2, 0.25) is 0 Å². The quantitative estimate of drug-likeness (QED) is 0.355. The molecule has 0 aliphatic rings. The number of hydrogen-bond donors (Lipinski definition) is 2. The Hall–Kier alpha value is -3.40. The van der Waals surface area contributed by atoms with E-state index in [1.165, 1.54) is 0 Å². The maximum absolute atomic E-state index is 10.8. The molecule has 0 amide bonds. The van der Waals surface area contributed by atoms with Gasteiger partial charge >= 0.3 is 0 Å². The lowest BCUT2D eigenvalue weighted by Crippen LogP contribution is -2.12. The zero-order valence-electron chi connectivity index (χ0n) is 23.0. The number of nitrogens with zero attached hydrogens (tertiary/aromatic N) is 2. The number of benzene rings is 3. The van der Waals surface area contributed by atoms with Crippen LogP contribution >= 0.6 is 0 Å². The van der Waals surface area contributed by atoms with Crippen LogP contribution in [0.1, 0.15) is 86.1 Å². The fraction of sp³-hybridized carbons (Fsp3) is 0.375. The van der Waals surface area contributed by atoms with Gasteiger partial charge in [-0.1, -0.05) is 77.9 Å². The Balaban J connectivity index is 1.73. The average Bonchev–Trinajstić information content (AvgIpc) is 2.76. The van der Waals surface area contributed by atoms with E-state index in [0.717, 1.165) is 44.5 Å². The van der Waals surface area contributed by atoms with Gasteiger partial charge in [0.25, 0.3) is 0 Å². The minimum Gasteiger partial charge on any atom is -0.507 e. The lowest BCUT2D eigenvalue weighted by molar-refractivity contribution is 0.445. The van der Waals surface area contributed by atoms with Crippen LogP contribution in [0.5, 0.6) is 11.5 Å². The van der Waals surface area contributed by atoms with Crippen LogP contribution in [0.25, 0.3) is 0 Å². The van der Waals surface area contributed by atoms with Gasteiger partial charge in [0, 0.05) is 34.7 Å². The third kappa shape index (κ3) is 6.84. The molecule has 3 rings (SSSR count). The second-order valence-electron chi connectivity index (χ2n) is 11.8. The monoisotopic (exact) mass is 484 g/mol. The number of rotatable bonds is 6. The van der Waals surface area contributed by atoms with E-state index in [-0.39, 0.29) is 10.8 Å². The zero-order valence-corrected chi connectivity index (χ0v) is 23.0. The van der Waals surface area contributed by atoms with Gasteiger partial charge in [0.1, 0.15) is 11.5 Å². The smallest absolute Gasteiger partial charge is 0.128 e. The van der Waals surface area contributed by atoms with Crippen LogP contribution in [0.15, 0.2) is 58.5 Å². The Morgan fingerprint density at radius 1 is 0.639 bits per heavy atom. The Bertz CT molecular complexity index is 1190. The predicted octanol–water partition coefficient (Wildman–Crippen LogP) is 7.55. The summed E-state index contributed by atoms with van der Waals surface area (Å²) < 4.78 is 0. The van der Waals surface area contributed by atoms with Gasteiger partial charge in [-0.05, 0) is 59.1 Å². The molecule has 0 radical (unpaired) electrons. The standard InChI is InChI=1S/C32H40N2O2/c1-21-12-25(29(35)27(14-21)31(3,4)5)19-33-17-23-10-9-11-24(16-23)18-34-20-26-13-22(2)15-28(30(26)36)32(6,7)8/h9-16,19-20,35-36H,17-18H2,1-8H3. The predicted molar refractivity (Wildman–Crippen MR) is 152 cm³/mol. The molecule has 0 fully saturated rings. The van der Waals surface area contributed by atoms with Crippen molar-refractivity contribution >= 4 is 12.4 Å². The SMILES string of the molecule is Cc1cc(C=NCc2cccc(CN=Cc3cc(C)cc(C(C)(C)C)c3O)c2)c(O)c(C(C)(C)C)c1. The Morgan fingerprint density at radius 3 is 1.39 bits per heavy atom. The van der Waals surface area contributed by atoms with Crippen LogP contribution in [0, 0.1) is 13.8 Å². The first-order chi connectivity index (χ1) is 16.8. The molecule has 36 heavy (non-hydrogen) atoms. The normalized spacial score (nSPS) is 12.7. The van der Waals surface area contributed by atoms with Crippen molar-refractivity contribution in [2.24, 2.45) is 9.98 Å². The molecule has 0 unspecified atom stereocenters. The minimum absolute atomic E-state index is 0.142. The van der Waals surface area contributed by atoms with E-state index in [0.29, 0.717) is 24.6 Å². The van der Waals surface area contributed by atoms with Gasteiger partial charge in [-0.15, -0.1) is 0 Å². The zero-order chi connectivity index (χ0) is 26.7. The summed E-state index contributed by atoms with van der Waals surface area (Å²) in [5, 5.41) is 21.5. The topological polar surface area (TPSA) is 65.2 Å². The van der Waals surface area contributed by atoms with Gasteiger partial charge in [-0.3, -0.25) is 9.98 Å². The number of phenolic OH excluding ortho intramolecular Hbond substituents is 2. The highest BCUT2D eigenvalue weighted by atomic mass is 16.3. The van der Waals surface area contributed by atoms with Gasteiger partial charge in [0.2, 0.25) is 0 Å². The third-order valence-electron chi connectivity index (χ3n) is 6.18. The molecule has 0 aromatic heterocycles. The first kappa shape index (κ1) is 27.2. The molecular formula is C32H40N2O2. The van der Waals surface area contributed by atoms with Crippen molar-refractivity contribution in [3.05, 3.63) is 93.0 Å². The fourth-order valence-electron chi connectivity index (χ4n) is 4.28. The van der Waals surface area contributed by atoms with E-state index in [9.17, 15) is 10.2 Å². The molecule has 0 bridgehead atoms. The molecular weight excluding hydrogens is 444 g/mol. The van der Waals surface area contributed by atoms with Crippen molar-refractivity contribution in [3.63, 3.8) is 0 Å². The van der Waals surface area contributed by atoms with E-state index < -0.39 is 0 Å². The maximum Gasteiger partial charge on any atom is 0.128 e. The summed E-state index contributed by atoms with van der Waals surface area (Å²) in [6, 6.07) is 16.2. The molecule has 4 heteroatoms. The van der Waals surface area contributed by atoms with Crippen LogP contribution in [0.3, 0.4) is 0 Å². The molecule has 190 valence electrons. The summed E-state index contributed by atoms with van der Waals surface area (Å²) in [5.41, 5.74) is 7.43. The molecule has 0 atom stereocenters. The number of aryl methyl sites for hydroxylation is 2. The number of hydrogen-bond acceptors (Lipinski definition) is 4. The molecule has 3 aromatic carbocycles. The van der Waals surface area contributed by atoms with E-state index in [1.807, 2.05) is 56.3 Å². The molecule has 0 heterocycles. The first-order valence-corrected chi connectivity index (χ1v) is 12.5. The first-order valence-electron chi connectivity index (χ1n) is 12.5. The van der Waals surface area contributed by atoms with E-state index >= 15 is 0 Å². The van der Waals surface area contributed by atoms with Crippen LogP contribution in [-0.4, -0.2) is 22.6 Å².